The van der Waals surface area contributed by atoms with Crippen molar-refractivity contribution in [1.29, 1.82) is 0 Å². The van der Waals surface area contributed by atoms with E-state index in [1.165, 1.54) is 12.1 Å². The van der Waals surface area contributed by atoms with Crippen LogP contribution in [0.15, 0.2) is 34.9 Å². The van der Waals surface area contributed by atoms with E-state index >= 15 is 0 Å². The molecule has 0 saturated carbocycles. The summed E-state index contributed by atoms with van der Waals surface area (Å²) in [6.07, 6.45) is -3.55. The molecule has 0 aliphatic heterocycles. The molecule has 0 aliphatic carbocycles. The SMILES string of the molecule is Nc1cnn(-c2cccc(Br)c2)c1C(F)(F)F. The van der Waals surface area contributed by atoms with Crippen molar-refractivity contribution < 1.29 is 13.2 Å². The summed E-state index contributed by atoms with van der Waals surface area (Å²) in [4.78, 5) is 0. The second kappa shape index (κ2) is 4.06. The molecule has 0 radical (unpaired) electrons. The molecule has 0 spiro atoms. The highest BCUT2D eigenvalue weighted by molar-refractivity contribution is 9.10. The second-order valence-electron chi connectivity index (χ2n) is 3.34. The lowest BCUT2D eigenvalue weighted by Gasteiger charge is -2.11. The van der Waals surface area contributed by atoms with E-state index in [-0.39, 0.29) is 0 Å². The lowest BCUT2D eigenvalue weighted by molar-refractivity contribution is -0.142. The molecule has 0 saturated heterocycles. The summed E-state index contributed by atoms with van der Waals surface area (Å²) in [5.41, 5.74) is 4.23. The van der Waals surface area contributed by atoms with Gasteiger partial charge in [0.15, 0.2) is 5.69 Å². The van der Waals surface area contributed by atoms with Gasteiger partial charge in [0, 0.05) is 4.47 Å². The van der Waals surface area contributed by atoms with Crippen LogP contribution in [0.3, 0.4) is 0 Å². The summed E-state index contributed by atoms with van der Waals surface area (Å²) in [5, 5.41) is 3.64. The van der Waals surface area contributed by atoms with Crippen molar-refractivity contribution in [3.05, 3.63) is 40.6 Å². The predicted molar refractivity (Wildman–Crippen MR) is 60.7 cm³/mol. The highest BCUT2D eigenvalue weighted by atomic mass is 79.9. The Bertz CT molecular complexity index is 548. The minimum absolute atomic E-state index is 0.295. The minimum Gasteiger partial charge on any atom is -0.396 e. The largest absolute Gasteiger partial charge is 0.435 e. The number of aromatic nitrogens is 2. The standard InChI is InChI=1S/C10H7BrF3N3/c11-6-2-1-3-7(4-6)17-9(10(12,13)14)8(15)5-16-17/h1-5H,15H2. The Morgan fingerprint density at radius 3 is 2.59 bits per heavy atom. The zero-order chi connectivity index (χ0) is 12.6. The van der Waals surface area contributed by atoms with Gasteiger partial charge in [-0.25, -0.2) is 4.68 Å². The van der Waals surface area contributed by atoms with E-state index in [4.69, 9.17) is 5.73 Å². The molecule has 0 atom stereocenters. The highest BCUT2D eigenvalue weighted by Gasteiger charge is 2.38. The van der Waals surface area contributed by atoms with Gasteiger partial charge in [0.05, 0.1) is 17.6 Å². The molecule has 2 rings (SSSR count). The van der Waals surface area contributed by atoms with Crippen LogP contribution < -0.4 is 5.73 Å². The molecule has 7 heteroatoms. The number of nitrogen functional groups attached to an aromatic ring is 1. The molecule has 1 heterocycles. The summed E-state index contributed by atoms with van der Waals surface area (Å²) in [7, 11) is 0. The number of benzene rings is 1. The fourth-order valence-electron chi connectivity index (χ4n) is 1.45. The normalized spacial score (nSPS) is 11.8. The quantitative estimate of drug-likeness (QED) is 0.879. The molecule has 1 aromatic heterocycles. The topological polar surface area (TPSA) is 43.8 Å². The number of alkyl halides is 3. The first-order valence-corrected chi connectivity index (χ1v) is 5.35. The van der Waals surface area contributed by atoms with Crippen LogP contribution in [0.2, 0.25) is 0 Å². The van der Waals surface area contributed by atoms with Crippen LogP contribution in [0.1, 0.15) is 5.69 Å². The Morgan fingerprint density at radius 1 is 1.29 bits per heavy atom. The van der Waals surface area contributed by atoms with E-state index in [9.17, 15) is 13.2 Å². The lowest BCUT2D eigenvalue weighted by atomic mass is 10.3. The first-order chi connectivity index (χ1) is 7.89. The molecule has 0 amide bonds. The Balaban J connectivity index is 2.61. The molecule has 0 aliphatic rings. The molecule has 2 N–H and O–H groups in total. The van der Waals surface area contributed by atoms with E-state index in [1.807, 2.05) is 0 Å². The fraction of sp³-hybridized carbons (Fsp3) is 0.100. The average Bonchev–Trinajstić information content (AvgIpc) is 2.59. The Kier molecular flexibility index (Phi) is 2.86. The molecule has 3 nitrogen and oxygen atoms in total. The fourth-order valence-corrected chi connectivity index (χ4v) is 1.84. The van der Waals surface area contributed by atoms with Gasteiger partial charge in [-0.3, -0.25) is 0 Å². The van der Waals surface area contributed by atoms with Crippen molar-refractivity contribution in [2.45, 2.75) is 6.18 Å². The minimum atomic E-state index is -4.54. The molecule has 2 aromatic rings. The second-order valence-corrected chi connectivity index (χ2v) is 4.25. The molecule has 90 valence electrons. The van der Waals surface area contributed by atoms with Crippen molar-refractivity contribution >= 4 is 21.6 Å². The first kappa shape index (κ1) is 12.0. The van der Waals surface area contributed by atoms with Crippen molar-refractivity contribution in [2.75, 3.05) is 5.73 Å². The van der Waals surface area contributed by atoms with E-state index in [2.05, 4.69) is 21.0 Å². The number of nitrogens with zero attached hydrogens (tertiary/aromatic N) is 2. The molecule has 1 aromatic carbocycles. The monoisotopic (exact) mass is 305 g/mol. The predicted octanol–water partition coefficient (Wildman–Crippen LogP) is 3.24. The third-order valence-corrected chi connectivity index (χ3v) is 2.61. The van der Waals surface area contributed by atoms with Crippen molar-refractivity contribution in [2.24, 2.45) is 0 Å². The molecule has 17 heavy (non-hydrogen) atoms. The van der Waals surface area contributed by atoms with Crippen LogP contribution in [0.5, 0.6) is 0 Å². The number of rotatable bonds is 1. The van der Waals surface area contributed by atoms with Gasteiger partial charge in [-0.2, -0.15) is 18.3 Å². The average molecular weight is 306 g/mol. The van der Waals surface area contributed by atoms with Crippen molar-refractivity contribution in [1.82, 2.24) is 9.78 Å². The molecular formula is C10H7BrF3N3. The van der Waals surface area contributed by atoms with Gasteiger partial charge < -0.3 is 5.73 Å². The van der Waals surface area contributed by atoms with Crippen LogP contribution in [-0.4, -0.2) is 9.78 Å². The maximum Gasteiger partial charge on any atom is 0.435 e. The van der Waals surface area contributed by atoms with Gasteiger partial charge in [0.25, 0.3) is 0 Å². The van der Waals surface area contributed by atoms with Gasteiger partial charge in [-0.05, 0) is 18.2 Å². The summed E-state index contributed by atoms with van der Waals surface area (Å²) in [6, 6.07) is 6.38. The number of nitrogens with two attached hydrogens (primary N) is 1. The van der Waals surface area contributed by atoms with Crippen LogP contribution >= 0.6 is 15.9 Å². The number of halogens is 4. The summed E-state index contributed by atoms with van der Waals surface area (Å²) < 4.78 is 39.8. The van der Waals surface area contributed by atoms with E-state index < -0.39 is 17.6 Å². The smallest absolute Gasteiger partial charge is 0.396 e. The van der Waals surface area contributed by atoms with Gasteiger partial charge in [-0.15, -0.1) is 0 Å². The summed E-state index contributed by atoms with van der Waals surface area (Å²) in [6.45, 7) is 0. The number of hydrogen-bond donors (Lipinski definition) is 1. The lowest BCUT2D eigenvalue weighted by Crippen LogP contribution is -2.15. The van der Waals surface area contributed by atoms with Crippen LogP contribution in [0.4, 0.5) is 18.9 Å². The summed E-state index contributed by atoms with van der Waals surface area (Å²) >= 11 is 3.19. The number of hydrogen-bond acceptors (Lipinski definition) is 2. The summed E-state index contributed by atoms with van der Waals surface area (Å²) in [5.74, 6) is 0. The molecule has 0 unspecified atom stereocenters. The maximum absolute atomic E-state index is 12.8. The highest BCUT2D eigenvalue weighted by Crippen LogP contribution is 2.35. The van der Waals surface area contributed by atoms with Crippen molar-refractivity contribution in [3.8, 4) is 5.69 Å². The van der Waals surface area contributed by atoms with Crippen molar-refractivity contribution in [3.63, 3.8) is 0 Å². The Hall–Kier alpha value is -1.50. The van der Waals surface area contributed by atoms with Gasteiger partial charge in [0.2, 0.25) is 0 Å². The van der Waals surface area contributed by atoms with E-state index in [0.717, 1.165) is 10.9 Å². The zero-order valence-electron chi connectivity index (χ0n) is 8.37. The molecular weight excluding hydrogens is 299 g/mol. The van der Waals surface area contributed by atoms with E-state index in [1.54, 1.807) is 12.1 Å². The number of anilines is 1. The van der Waals surface area contributed by atoms with E-state index in [0.29, 0.717) is 10.2 Å². The van der Waals surface area contributed by atoms with Gasteiger partial charge in [-0.1, -0.05) is 22.0 Å². The van der Waals surface area contributed by atoms with Gasteiger partial charge in [0.1, 0.15) is 0 Å². The maximum atomic E-state index is 12.8. The van der Waals surface area contributed by atoms with Gasteiger partial charge >= 0.3 is 6.18 Å². The molecule has 0 fully saturated rings. The first-order valence-electron chi connectivity index (χ1n) is 4.56. The van der Waals surface area contributed by atoms with Crippen LogP contribution in [0.25, 0.3) is 5.69 Å². The van der Waals surface area contributed by atoms with Crippen LogP contribution in [0, 0.1) is 0 Å². The molecule has 0 bridgehead atoms. The Morgan fingerprint density at radius 2 is 2.00 bits per heavy atom. The Labute approximate surface area is 103 Å². The zero-order valence-corrected chi connectivity index (χ0v) is 9.96. The third-order valence-electron chi connectivity index (χ3n) is 2.12. The van der Waals surface area contributed by atoms with Crippen LogP contribution in [-0.2, 0) is 6.18 Å². The third kappa shape index (κ3) is 2.28.